The van der Waals surface area contributed by atoms with Crippen molar-refractivity contribution in [1.82, 2.24) is 0 Å². The molecule has 0 saturated heterocycles. The zero-order valence-corrected chi connectivity index (χ0v) is 13.1. The van der Waals surface area contributed by atoms with Crippen LogP contribution in [0.2, 0.25) is 0 Å². The number of para-hydroxylation sites is 1. The predicted octanol–water partition coefficient (Wildman–Crippen LogP) is 3.83. The Balaban J connectivity index is 1.66. The van der Waals surface area contributed by atoms with E-state index in [9.17, 15) is 4.79 Å². The van der Waals surface area contributed by atoms with Gasteiger partial charge in [0.2, 0.25) is 5.91 Å². The minimum absolute atomic E-state index is 0.0653. The first-order valence-corrected chi connectivity index (χ1v) is 7.68. The number of benzene rings is 2. The molecular weight excluding hydrogens is 363 g/mol. The summed E-state index contributed by atoms with van der Waals surface area (Å²) < 4.78 is 1.12. The first kappa shape index (κ1) is 13.4. The molecule has 0 saturated carbocycles. The van der Waals surface area contributed by atoms with E-state index in [2.05, 4.69) is 45.4 Å². The number of nitrogens with one attached hydrogen (secondary N) is 2. The number of hydrogen-bond acceptors (Lipinski definition) is 2. The third-order valence-electron chi connectivity index (χ3n) is 3.48. The van der Waals surface area contributed by atoms with Crippen LogP contribution in [0.4, 0.5) is 11.4 Å². The topological polar surface area (TPSA) is 41.1 Å². The molecule has 1 heterocycles. The Morgan fingerprint density at radius 1 is 1.25 bits per heavy atom. The monoisotopic (exact) mass is 378 g/mol. The molecule has 0 fully saturated rings. The highest BCUT2D eigenvalue weighted by Gasteiger charge is 2.23. The van der Waals surface area contributed by atoms with Gasteiger partial charge in [0.05, 0.1) is 0 Å². The lowest BCUT2D eigenvalue weighted by Gasteiger charge is -2.11. The van der Waals surface area contributed by atoms with Crippen LogP contribution in [-0.4, -0.2) is 12.5 Å². The summed E-state index contributed by atoms with van der Waals surface area (Å²) in [6.45, 7) is 0.832. The van der Waals surface area contributed by atoms with E-state index in [4.69, 9.17) is 0 Å². The molecule has 3 nitrogen and oxygen atoms in total. The van der Waals surface area contributed by atoms with Gasteiger partial charge >= 0.3 is 0 Å². The SMILES string of the molecule is O=C(CC1CNc2ccccc21)Nc1cccc(I)c1. The van der Waals surface area contributed by atoms with E-state index in [-0.39, 0.29) is 11.8 Å². The van der Waals surface area contributed by atoms with Gasteiger partial charge in [0.1, 0.15) is 0 Å². The van der Waals surface area contributed by atoms with Crippen molar-refractivity contribution in [1.29, 1.82) is 0 Å². The molecule has 102 valence electrons. The molecule has 2 N–H and O–H groups in total. The quantitative estimate of drug-likeness (QED) is 0.798. The molecule has 0 radical (unpaired) electrons. The normalized spacial score (nSPS) is 16.4. The number of fused-ring (bicyclic) bond motifs is 1. The molecule has 2 aromatic carbocycles. The maximum Gasteiger partial charge on any atom is 0.225 e. The second-order valence-electron chi connectivity index (χ2n) is 4.93. The fourth-order valence-electron chi connectivity index (χ4n) is 2.54. The van der Waals surface area contributed by atoms with Crippen LogP contribution in [-0.2, 0) is 4.79 Å². The van der Waals surface area contributed by atoms with Gasteiger partial charge < -0.3 is 10.6 Å². The highest BCUT2D eigenvalue weighted by Crippen LogP contribution is 2.33. The molecule has 20 heavy (non-hydrogen) atoms. The van der Waals surface area contributed by atoms with Crippen LogP contribution >= 0.6 is 22.6 Å². The lowest BCUT2D eigenvalue weighted by Crippen LogP contribution is -2.16. The van der Waals surface area contributed by atoms with Crippen molar-refractivity contribution in [2.45, 2.75) is 12.3 Å². The summed E-state index contributed by atoms with van der Waals surface area (Å²) in [6, 6.07) is 16.0. The Hall–Kier alpha value is -1.56. The summed E-state index contributed by atoms with van der Waals surface area (Å²) in [7, 11) is 0. The van der Waals surface area contributed by atoms with E-state index >= 15 is 0 Å². The molecule has 1 aliphatic rings. The van der Waals surface area contributed by atoms with Crippen molar-refractivity contribution in [3.63, 3.8) is 0 Å². The van der Waals surface area contributed by atoms with Crippen LogP contribution in [0, 0.1) is 3.57 Å². The summed E-state index contributed by atoms with van der Waals surface area (Å²) in [5.41, 5.74) is 3.26. The maximum atomic E-state index is 12.1. The number of amides is 1. The molecule has 0 bridgehead atoms. The number of rotatable bonds is 3. The summed E-state index contributed by atoms with van der Waals surface area (Å²) in [6.07, 6.45) is 0.509. The van der Waals surface area contributed by atoms with E-state index < -0.39 is 0 Å². The van der Waals surface area contributed by atoms with Crippen LogP contribution in [0.15, 0.2) is 48.5 Å². The number of halogens is 1. The molecule has 0 aromatic heterocycles. The molecule has 3 rings (SSSR count). The van der Waals surface area contributed by atoms with Crippen molar-refractivity contribution >= 4 is 39.9 Å². The van der Waals surface area contributed by atoms with E-state index in [1.807, 2.05) is 36.4 Å². The third kappa shape index (κ3) is 2.95. The minimum atomic E-state index is 0.0653. The molecule has 4 heteroatoms. The van der Waals surface area contributed by atoms with Gasteiger partial charge in [0, 0.05) is 33.8 Å². The first-order valence-electron chi connectivity index (χ1n) is 6.60. The lowest BCUT2D eigenvalue weighted by molar-refractivity contribution is -0.116. The zero-order chi connectivity index (χ0) is 13.9. The molecular formula is C16H15IN2O. The zero-order valence-electron chi connectivity index (χ0n) is 10.9. The molecule has 0 spiro atoms. The smallest absolute Gasteiger partial charge is 0.225 e. The van der Waals surface area contributed by atoms with Crippen molar-refractivity contribution in [3.05, 3.63) is 57.7 Å². The van der Waals surface area contributed by atoms with Crippen LogP contribution < -0.4 is 10.6 Å². The van der Waals surface area contributed by atoms with Gasteiger partial charge in [0.25, 0.3) is 0 Å². The Bertz CT molecular complexity index is 642. The van der Waals surface area contributed by atoms with Gasteiger partial charge in [-0.15, -0.1) is 0 Å². The van der Waals surface area contributed by atoms with Crippen LogP contribution in [0.5, 0.6) is 0 Å². The van der Waals surface area contributed by atoms with Crippen LogP contribution in [0.1, 0.15) is 17.9 Å². The minimum Gasteiger partial charge on any atom is -0.384 e. The van der Waals surface area contributed by atoms with E-state index in [1.165, 1.54) is 5.56 Å². The van der Waals surface area contributed by atoms with Crippen molar-refractivity contribution in [2.24, 2.45) is 0 Å². The van der Waals surface area contributed by atoms with Gasteiger partial charge in [0.15, 0.2) is 0 Å². The summed E-state index contributed by atoms with van der Waals surface area (Å²) in [4.78, 5) is 12.1. The highest BCUT2D eigenvalue weighted by molar-refractivity contribution is 14.1. The molecule has 2 aromatic rings. The molecule has 1 atom stereocenters. The largest absolute Gasteiger partial charge is 0.384 e. The molecule has 1 unspecified atom stereocenters. The van der Waals surface area contributed by atoms with Crippen molar-refractivity contribution in [3.8, 4) is 0 Å². The Morgan fingerprint density at radius 2 is 2.10 bits per heavy atom. The van der Waals surface area contributed by atoms with Gasteiger partial charge in [-0.1, -0.05) is 24.3 Å². The van der Waals surface area contributed by atoms with E-state index in [0.29, 0.717) is 6.42 Å². The number of anilines is 2. The maximum absolute atomic E-state index is 12.1. The van der Waals surface area contributed by atoms with E-state index in [1.54, 1.807) is 0 Å². The van der Waals surface area contributed by atoms with Gasteiger partial charge in [-0.25, -0.2) is 0 Å². The molecule has 1 amide bonds. The number of carbonyl (C=O) groups excluding carboxylic acids is 1. The van der Waals surface area contributed by atoms with Crippen molar-refractivity contribution < 1.29 is 4.79 Å². The second-order valence-corrected chi connectivity index (χ2v) is 6.17. The fraction of sp³-hybridized carbons (Fsp3) is 0.188. The third-order valence-corrected chi connectivity index (χ3v) is 4.15. The highest BCUT2D eigenvalue weighted by atomic mass is 127. The molecule has 1 aliphatic heterocycles. The van der Waals surface area contributed by atoms with Crippen molar-refractivity contribution in [2.75, 3.05) is 17.2 Å². The summed E-state index contributed by atoms with van der Waals surface area (Å²) >= 11 is 2.24. The van der Waals surface area contributed by atoms with E-state index in [0.717, 1.165) is 21.5 Å². The van der Waals surface area contributed by atoms with Gasteiger partial charge in [-0.05, 0) is 52.4 Å². The Kier molecular flexibility index (Phi) is 3.91. The van der Waals surface area contributed by atoms with Gasteiger partial charge in [-0.2, -0.15) is 0 Å². The summed E-state index contributed by atoms with van der Waals surface area (Å²) in [5.74, 6) is 0.324. The Morgan fingerprint density at radius 3 is 2.95 bits per heavy atom. The standard InChI is InChI=1S/C16H15IN2O/c17-12-4-3-5-13(9-12)19-16(20)8-11-10-18-15-7-2-1-6-14(11)15/h1-7,9,11,18H,8,10H2,(H,19,20). The lowest BCUT2D eigenvalue weighted by atomic mass is 9.97. The number of hydrogen-bond donors (Lipinski definition) is 2. The summed E-state index contributed by atoms with van der Waals surface area (Å²) in [5, 5.41) is 6.32. The van der Waals surface area contributed by atoms with Crippen LogP contribution in [0.25, 0.3) is 0 Å². The predicted molar refractivity (Wildman–Crippen MR) is 90.1 cm³/mol. The molecule has 0 aliphatic carbocycles. The van der Waals surface area contributed by atoms with Crippen LogP contribution in [0.3, 0.4) is 0 Å². The second kappa shape index (κ2) is 5.83. The number of carbonyl (C=O) groups is 1. The fourth-order valence-corrected chi connectivity index (χ4v) is 3.08. The van der Waals surface area contributed by atoms with Gasteiger partial charge in [-0.3, -0.25) is 4.79 Å². The first-order chi connectivity index (χ1) is 9.72. The Labute approximate surface area is 131 Å². The average Bonchev–Trinajstić information content (AvgIpc) is 2.82. The average molecular weight is 378 g/mol.